The Labute approximate surface area is 155 Å². The van der Waals surface area contributed by atoms with Gasteiger partial charge < -0.3 is 5.32 Å². The van der Waals surface area contributed by atoms with Crippen LogP contribution in [0.1, 0.15) is 63.1 Å². The van der Waals surface area contributed by atoms with Crippen molar-refractivity contribution in [3.05, 3.63) is 47.8 Å². The van der Waals surface area contributed by atoms with E-state index in [4.69, 9.17) is 0 Å². The van der Waals surface area contributed by atoms with E-state index in [2.05, 4.69) is 52.9 Å². The van der Waals surface area contributed by atoms with E-state index in [0.717, 1.165) is 25.1 Å². The van der Waals surface area contributed by atoms with E-state index >= 15 is 0 Å². The first-order valence-corrected chi connectivity index (χ1v) is 9.80. The number of nitriles is 1. The molecule has 2 aliphatic carbocycles. The predicted octanol–water partition coefficient (Wildman–Crippen LogP) is 3.88. The monoisotopic (exact) mass is 349 g/mol. The molecule has 1 N–H and O–H groups in total. The molecule has 26 heavy (non-hydrogen) atoms. The van der Waals surface area contributed by atoms with Gasteiger partial charge in [-0.1, -0.05) is 54.8 Å². The van der Waals surface area contributed by atoms with Crippen LogP contribution in [0, 0.1) is 17.2 Å². The summed E-state index contributed by atoms with van der Waals surface area (Å²) in [6.45, 7) is 3.08. The fraction of sp³-hybridized carbons (Fsp3) is 0.571. The first-order chi connectivity index (χ1) is 12.7. The maximum absolute atomic E-state index is 9.47. The second-order valence-electron chi connectivity index (χ2n) is 8.07. The summed E-state index contributed by atoms with van der Waals surface area (Å²) in [7, 11) is 0. The van der Waals surface area contributed by atoms with Crippen molar-refractivity contribution >= 4 is 0 Å². The molecule has 0 amide bonds. The first-order valence-electron chi connectivity index (χ1n) is 9.80. The van der Waals surface area contributed by atoms with Crippen LogP contribution in [0.4, 0.5) is 0 Å². The highest BCUT2D eigenvalue weighted by Gasteiger charge is 2.48. The molecule has 4 rings (SSSR count). The Morgan fingerprint density at radius 1 is 1.23 bits per heavy atom. The third-order valence-electron chi connectivity index (χ3n) is 6.32. The molecule has 0 spiro atoms. The molecule has 0 unspecified atom stereocenters. The number of nitrogens with one attached hydrogen (secondary N) is 1. The van der Waals surface area contributed by atoms with Crippen molar-refractivity contribution in [1.82, 2.24) is 20.3 Å². The van der Waals surface area contributed by atoms with Crippen LogP contribution in [0.15, 0.2) is 36.5 Å². The highest BCUT2D eigenvalue weighted by Crippen LogP contribution is 2.44. The van der Waals surface area contributed by atoms with Gasteiger partial charge in [-0.05, 0) is 44.1 Å². The lowest BCUT2D eigenvalue weighted by molar-refractivity contribution is 0.170. The van der Waals surface area contributed by atoms with Gasteiger partial charge in [0.25, 0.3) is 0 Å². The van der Waals surface area contributed by atoms with Crippen LogP contribution in [0.3, 0.4) is 0 Å². The molecule has 2 saturated carbocycles. The standard InChI is InChI=1S/C21H27N5/c1-20(18-10-6-3-7-11-18,23-14-17-8-4-2-5-9-17)19-15-26(25-24-19)21(16-22)12-13-21/h2,4-5,8-9,15,18,23H,3,6-7,10-14H2,1H3/t20-/m1/s1. The van der Waals surface area contributed by atoms with Gasteiger partial charge in [0.15, 0.2) is 5.54 Å². The van der Waals surface area contributed by atoms with Gasteiger partial charge in [-0.15, -0.1) is 5.10 Å². The highest BCUT2D eigenvalue weighted by atomic mass is 15.5. The average Bonchev–Trinajstić information content (AvgIpc) is 3.35. The molecule has 2 fully saturated rings. The van der Waals surface area contributed by atoms with E-state index in [1.165, 1.54) is 37.7 Å². The predicted molar refractivity (Wildman–Crippen MR) is 100 cm³/mol. The molecular formula is C21H27N5. The molecule has 0 bridgehead atoms. The van der Waals surface area contributed by atoms with Gasteiger partial charge in [0.1, 0.15) is 5.69 Å². The van der Waals surface area contributed by atoms with Crippen molar-refractivity contribution in [1.29, 1.82) is 5.26 Å². The molecule has 1 aromatic heterocycles. The second kappa shape index (κ2) is 6.85. The van der Waals surface area contributed by atoms with Gasteiger partial charge in [0.05, 0.1) is 17.8 Å². The number of rotatable bonds is 6. The van der Waals surface area contributed by atoms with Crippen LogP contribution in [-0.4, -0.2) is 15.0 Å². The van der Waals surface area contributed by atoms with Crippen LogP contribution in [0.5, 0.6) is 0 Å². The molecule has 0 saturated heterocycles. The lowest BCUT2D eigenvalue weighted by Crippen LogP contribution is -2.46. The zero-order valence-electron chi connectivity index (χ0n) is 15.5. The third kappa shape index (κ3) is 3.14. The zero-order chi connectivity index (χ0) is 18.0. The first kappa shape index (κ1) is 17.2. The lowest BCUT2D eigenvalue weighted by Gasteiger charge is -2.39. The second-order valence-corrected chi connectivity index (χ2v) is 8.07. The number of hydrogen-bond donors (Lipinski definition) is 1. The quantitative estimate of drug-likeness (QED) is 0.859. The van der Waals surface area contributed by atoms with E-state index < -0.39 is 5.54 Å². The fourth-order valence-electron chi connectivity index (χ4n) is 4.23. The minimum atomic E-state index is -0.446. The minimum Gasteiger partial charge on any atom is -0.302 e. The Balaban J connectivity index is 1.61. The Morgan fingerprint density at radius 3 is 2.62 bits per heavy atom. The highest BCUT2D eigenvalue weighted by molar-refractivity contribution is 5.21. The maximum atomic E-state index is 9.47. The van der Waals surface area contributed by atoms with Crippen LogP contribution in [0.2, 0.25) is 0 Å². The molecule has 2 aromatic rings. The zero-order valence-corrected chi connectivity index (χ0v) is 15.5. The molecule has 1 heterocycles. The van der Waals surface area contributed by atoms with Crippen molar-refractivity contribution in [3.8, 4) is 6.07 Å². The number of hydrogen-bond acceptors (Lipinski definition) is 4. The molecule has 5 heteroatoms. The van der Waals surface area contributed by atoms with Gasteiger partial charge in [-0.3, -0.25) is 0 Å². The molecular weight excluding hydrogens is 322 g/mol. The lowest BCUT2D eigenvalue weighted by atomic mass is 9.74. The SMILES string of the molecule is C[C@](NCc1ccccc1)(c1cn(C2(C#N)CC2)nn1)C1CCCCC1. The summed E-state index contributed by atoms with van der Waals surface area (Å²) < 4.78 is 1.80. The van der Waals surface area contributed by atoms with Crippen molar-refractivity contribution < 1.29 is 0 Å². The topological polar surface area (TPSA) is 66.5 Å². The number of nitrogens with zero attached hydrogens (tertiary/aromatic N) is 4. The van der Waals surface area contributed by atoms with Crippen LogP contribution >= 0.6 is 0 Å². The maximum Gasteiger partial charge on any atom is 0.150 e. The van der Waals surface area contributed by atoms with Crippen molar-refractivity contribution in [2.45, 2.75) is 69.5 Å². The van der Waals surface area contributed by atoms with Crippen molar-refractivity contribution in [2.24, 2.45) is 5.92 Å². The third-order valence-corrected chi connectivity index (χ3v) is 6.32. The Kier molecular flexibility index (Phi) is 4.54. The smallest absolute Gasteiger partial charge is 0.150 e. The van der Waals surface area contributed by atoms with Crippen LogP contribution in [0.25, 0.3) is 0 Å². The van der Waals surface area contributed by atoms with Crippen molar-refractivity contribution in [3.63, 3.8) is 0 Å². The molecule has 136 valence electrons. The Bertz CT molecular complexity index is 780. The van der Waals surface area contributed by atoms with Gasteiger partial charge in [0.2, 0.25) is 0 Å². The normalized spacial score (nSPS) is 21.7. The van der Waals surface area contributed by atoms with Crippen LogP contribution in [-0.2, 0) is 17.6 Å². The summed E-state index contributed by atoms with van der Waals surface area (Å²) in [6.07, 6.45) is 10.1. The van der Waals surface area contributed by atoms with E-state index in [1.807, 2.05) is 12.3 Å². The fourth-order valence-corrected chi connectivity index (χ4v) is 4.23. The van der Waals surface area contributed by atoms with E-state index in [-0.39, 0.29) is 5.54 Å². The Hall–Kier alpha value is -2.19. The van der Waals surface area contributed by atoms with Gasteiger partial charge in [-0.25, -0.2) is 4.68 Å². The van der Waals surface area contributed by atoms with E-state index in [0.29, 0.717) is 5.92 Å². The molecule has 1 atom stereocenters. The molecule has 5 nitrogen and oxygen atoms in total. The summed E-state index contributed by atoms with van der Waals surface area (Å²) in [5.41, 5.74) is 1.58. The number of benzene rings is 1. The average molecular weight is 349 g/mol. The summed E-state index contributed by atoms with van der Waals surface area (Å²) in [6, 6.07) is 12.9. The molecule has 0 aliphatic heterocycles. The summed E-state index contributed by atoms with van der Waals surface area (Å²) in [5.74, 6) is 0.544. The minimum absolute atomic E-state index is 0.222. The summed E-state index contributed by atoms with van der Waals surface area (Å²) >= 11 is 0. The molecule has 2 aliphatic rings. The van der Waals surface area contributed by atoms with E-state index in [1.54, 1.807) is 4.68 Å². The summed E-state index contributed by atoms with van der Waals surface area (Å²) in [5, 5.41) is 22.1. The Morgan fingerprint density at radius 2 is 1.96 bits per heavy atom. The molecule has 1 aromatic carbocycles. The molecule has 0 radical (unpaired) electrons. The van der Waals surface area contributed by atoms with E-state index in [9.17, 15) is 5.26 Å². The largest absolute Gasteiger partial charge is 0.302 e. The summed E-state index contributed by atoms with van der Waals surface area (Å²) in [4.78, 5) is 0. The van der Waals surface area contributed by atoms with Crippen LogP contribution < -0.4 is 5.32 Å². The van der Waals surface area contributed by atoms with Gasteiger partial charge in [-0.2, -0.15) is 5.26 Å². The van der Waals surface area contributed by atoms with Crippen molar-refractivity contribution in [2.75, 3.05) is 0 Å². The number of aromatic nitrogens is 3. The van der Waals surface area contributed by atoms with Gasteiger partial charge in [0, 0.05) is 6.54 Å². The van der Waals surface area contributed by atoms with Gasteiger partial charge >= 0.3 is 0 Å².